The molecule has 0 aromatic heterocycles. The lowest BCUT2D eigenvalue weighted by Gasteiger charge is -2.71. The predicted octanol–water partition coefficient (Wildman–Crippen LogP) is 3.42. The van der Waals surface area contributed by atoms with Gasteiger partial charge in [-0.05, 0) is 63.4 Å². The number of hydrogen-bond acceptors (Lipinski definition) is 11. The zero-order valence-electron chi connectivity index (χ0n) is 29.0. The molecule has 2 saturated heterocycles. The van der Waals surface area contributed by atoms with Crippen molar-refractivity contribution in [2.75, 3.05) is 46.4 Å². The maximum absolute atomic E-state index is 14.4. The van der Waals surface area contributed by atoms with Crippen LogP contribution in [-0.4, -0.2) is 119 Å². The predicted molar refractivity (Wildman–Crippen MR) is 179 cm³/mol. The Morgan fingerprint density at radius 3 is 2.33 bits per heavy atom. The molecule has 0 bridgehead atoms. The van der Waals surface area contributed by atoms with Crippen LogP contribution in [0.3, 0.4) is 0 Å². The van der Waals surface area contributed by atoms with Gasteiger partial charge in [0.15, 0.2) is 24.1 Å². The van der Waals surface area contributed by atoms with Gasteiger partial charge in [0.05, 0.1) is 18.1 Å². The first-order chi connectivity index (χ1) is 22.4. The Morgan fingerprint density at radius 2 is 1.71 bits per heavy atom. The Labute approximate surface area is 288 Å². The molecule has 1 aromatic carbocycles. The summed E-state index contributed by atoms with van der Waals surface area (Å²) >= 11 is 5.99. The Kier molecular flexibility index (Phi) is 10.2. The number of ketones is 1. The van der Waals surface area contributed by atoms with Gasteiger partial charge in [0.1, 0.15) is 17.5 Å². The number of hydrogen-bond donors (Lipinski definition) is 2. The smallest absolute Gasteiger partial charge is 0.344 e. The fourth-order valence-electron chi connectivity index (χ4n) is 8.94. The molecule has 1 aromatic rings. The summed E-state index contributed by atoms with van der Waals surface area (Å²) in [6, 6.07) is 6.46. The number of Topliss-reactive ketones (excluding diaryl/α,β-unsaturated/α-hetero) is 1. The quantitative estimate of drug-likeness (QED) is 0.292. The number of likely N-dealkylation sites (N-methyl/N-ethyl adjacent to an activating group) is 1. The molecule has 12 heteroatoms. The molecule has 2 aliphatic heterocycles. The number of esters is 2. The van der Waals surface area contributed by atoms with E-state index in [4.69, 9.17) is 30.5 Å². The maximum Gasteiger partial charge on any atom is 0.344 e. The molecule has 266 valence electrons. The van der Waals surface area contributed by atoms with E-state index in [0.29, 0.717) is 30.2 Å². The van der Waals surface area contributed by atoms with Crippen LogP contribution in [0.2, 0.25) is 5.02 Å². The number of benzene rings is 1. The number of fused-ring (bicyclic) bond motifs is 3. The van der Waals surface area contributed by atoms with Crippen molar-refractivity contribution < 1.29 is 43.5 Å². The Hall–Kier alpha value is -2.54. The molecular formula is C36H51ClN2O9. The van der Waals surface area contributed by atoms with Crippen LogP contribution >= 0.6 is 11.6 Å². The SMILES string of the molecule is C=C[C@@]1(C)CC(=O)[C@]2(O)[C@@]3(C)[C@@H](O)CCC(C)(C)[C@@H]3[C@H](OC(=O)CCN3CCN(C)CC3)[C@H](OC(=O)COc3ccc(Cl)cc3)[C@@]2(C)O1. The Morgan fingerprint density at radius 1 is 1.06 bits per heavy atom. The number of nitrogens with zero attached hydrogens (tertiary/aromatic N) is 2. The molecule has 8 atom stereocenters. The average Bonchev–Trinajstić information content (AvgIpc) is 3.02. The van der Waals surface area contributed by atoms with Gasteiger partial charge in [0.25, 0.3) is 0 Å². The van der Waals surface area contributed by atoms with Gasteiger partial charge in [0, 0.05) is 55.5 Å². The first-order valence-corrected chi connectivity index (χ1v) is 17.2. The second kappa shape index (κ2) is 13.3. The summed E-state index contributed by atoms with van der Waals surface area (Å²) in [5.41, 5.74) is -7.78. The lowest BCUT2D eigenvalue weighted by atomic mass is 9.39. The third kappa shape index (κ3) is 6.31. The number of aliphatic hydroxyl groups excluding tert-OH is 1. The van der Waals surface area contributed by atoms with E-state index < -0.39 is 76.2 Å². The second-order valence-electron chi connectivity index (χ2n) is 15.3. The largest absolute Gasteiger partial charge is 0.482 e. The highest BCUT2D eigenvalue weighted by molar-refractivity contribution is 6.30. The standard InChI is InChI=1S/C36H51ClN2O9/c1-8-33(4)21-26(41)36(44)34(5)25(40)13-15-32(2,3)30(34)29(46-27(42)14-16-39-19-17-38(7)18-20-39)31(35(36,6)48-33)47-28(43)22-45-24-11-9-23(37)10-12-24/h8-12,25,29-31,40,44H,1,13-22H2,2-7H3/t25-,29-,30-,31-,33-,34-,35+,36-/m0/s1. The molecule has 2 saturated carbocycles. The third-order valence-corrected chi connectivity index (χ3v) is 11.9. The van der Waals surface area contributed by atoms with E-state index in [9.17, 15) is 24.6 Å². The summed E-state index contributed by atoms with van der Waals surface area (Å²) in [6.07, 6.45) is -1.65. The van der Waals surface area contributed by atoms with Gasteiger partial charge in [-0.25, -0.2) is 4.79 Å². The number of ether oxygens (including phenoxy) is 4. The molecule has 4 fully saturated rings. The summed E-state index contributed by atoms with van der Waals surface area (Å²) in [6.45, 7) is 16.0. The lowest BCUT2D eigenvalue weighted by molar-refractivity contribution is -0.371. The first kappa shape index (κ1) is 36.7. The van der Waals surface area contributed by atoms with Crippen molar-refractivity contribution in [1.82, 2.24) is 9.80 Å². The highest BCUT2D eigenvalue weighted by Crippen LogP contribution is 2.67. The lowest BCUT2D eigenvalue weighted by Crippen LogP contribution is -2.87. The van der Waals surface area contributed by atoms with Crippen LogP contribution in [0.15, 0.2) is 36.9 Å². The summed E-state index contributed by atoms with van der Waals surface area (Å²) in [7, 11) is 2.06. The van der Waals surface area contributed by atoms with E-state index in [1.807, 2.05) is 13.8 Å². The van der Waals surface area contributed by atoms with Gasteiger partial charge >= 0.3 is 11.9 Å². The normalized spacial score (nSPS) is 38.3. The van der Waals surface area contributed by atoms with Gasteiger partial charge in [-0.2, -0.15) is 0 Å². The monoisotopic (exact) mass is 690 g/mol. The average molecular weight is 691 g/mol. The van der Waals surface area contributed by atoms with Gasteiger partial charge in [0.2, 0.25) is 0 Å². The third-order valence-electron chi connectivity index (χ3n) is 11.6. The highest BCUT2D eigenvalue weighted by Gasteiger charge is 2.82. The number of carbonyl (C=O) groups is 3. The topological polar surface area (TPSA) is 135 Å². The Bertz CT molecular complexity index is 1400. The van der Waals surface area contributed by atoms with Crippen LogP contribution in [-0.2, 0) is 28.6 Å². The van der Waals surface area contributed by atoms with Crippen molar-refractivity contribution in [3.05, 3.63) is 41.9 Å². The molecule has 2 aliphatic carbocycles. The molecule has 2 heterocycles. The fourth-order valence-corrected chi connectivity index (χ4v) is 9.07. The van der Waals surface area contributed by atoms with Crippen LogP contribution in [0.4, 0.5) is 0 Å². The van der Waals surface area contributed by atoms with Crippen molar-refractivity contribution in [3.63, 3.8) is 0 Å². The molecule has 48 heavy (non-hydrogen) atoms. The van der Waals surface area contributed by atoms with Gasteiger partial charge in [-0.3, -0.25) is 9.59 Å². The number of piperazine rings is 1. The molecule has 0 radical (unpaired) electrons. The van der Waals surface area contributed by atoms with Crippen LogP contribution in [0.1, 0.15) is 60.3 Å². The van der Waals surface area contributed by atoms with E-state index in [-0.39, 0.29) is 12.8 Å². The van der Waals surface area contributed by atoms with E-state index in [0.717, 1.165) is 26.2 Å². The molecule has 2 N–H and O–H groups in total. The van der Waals surface area contributed by atoms with Crippen molar-refractivity contribution in [2.24, 2.45) is 16.7 Å². The number of aliphatic hydroxyl groups is 2. The number of halogens is 1. The Balaban J connectivity index is 1.55. The van der Waals surface area contributed by atoms with Gasteiger partial charge < -0.3 is 39.0 Å². The fraction of sp³-hybridized carbons (Fsp3) is 0.694. The van der Waals surface area contributed by atoms with Crippen molar-refractivity contribution in [1.29, 1.82) is 0 Å². The molecular weight excluding hydrogens is 640 g/mol. The summed E-state index contributed by atoms with van der Waals surface area (Å²) < 4.78 is 24.9. The molecule has 0 spiro atoms. The minimum Gasteiger partial charge on any atom is -0.482 e. The number of carbonyl (C=O) groups excluding carboxylic acids is 3. The first-order valence-electron chi connectivity index (χ1n) is 16.9. The van der Waals surface area contributed by atoms with Crippen molar-refractivity contribution in [2.45, 2.75) is 95.4 Å². The molecule has 0 amide bonds. The number of rotatable bonds is 9. The summed E-state index contributed by atoms with van der Waals surface area (Å²) in [5.74, 6) is -2.34. The van der Waals surface area contributed by atoms with E-state index in [1.165, 1.54) is 13.0 Å². The zero-order chi connectivity index (χ0) is 35.3. The van der Waals surface area contributed by atoms with E-state index in [2.05, 4.69) is 23.4 Å². The van der Waals surface area contributed by atoms with Crippen LogP contribution in [0.5, 0.6) is 5.75 Å². The van der Waals surface area contributed by atoms with Crippen molar-refractivity contribution >= 4 is 29.3 Å². The molecule has 4 aliphatic rings. The zero-order valence-corrected chi connectivity index (χ0v) is 29.8. The molecule has 11 nitrogen and oxygen atoms in total. The van der Waals surface area contributed by atoms with Crippen LogP contribution < -0.4 is 4.74 Å². The summed E-state index contributed by atoms with van der Waals surface area (Å²) in [4.78, 5) is 46.2. The van der Waals surface area contributed by atoms with Crippen LogP contribution in [0.25, 0.3) is 0 Å². The van der Waals surface area contributed by atoms with Crippen molar-refractivity contribution in [3.8, 4) is 5.75 Å². The van der Waals surface area contributed by atoms with E-state index in [1.54, 1.807) is 38.1 Å². The summed E-state index contributed by atoms with van der Waals surface area (Å²) in [5, 5.41) is 25.2. The maximum atomic E-state index is 14.4. The molecule has 5 rings (SSSR count). The van der Waals surface area contributed by atoms with Crippen LogP contribution in [0, 0.1) is 16.7 Å². The molecule has 0 unspecified atom stereocenters. The highest BCUT2D eigenvalue weighted by atomic mass is 35.5. The van der Waals surface area contributed by atoms with Gasteiger partial charge in [-0.15, -0.1) is 6.58 Å². The second-order valence-corrected chi connectivity index (χ2v) is 15.8. The minimum absolute atomic E-state index is 0.0815. The minimum atomic E-state index is -2.34. The van der Waals surface area contributed by atoms with E-state index >= 15 is 0 Å². The van der Waals surface area contributed by atoms with Gasteiger partial charge in [-0.1, -0.05) is 38.4 Å².